The minimum absolute atomic E-state index is 0.158. The van der Waals surface area contributed by atoms with Gasteiger partial charge in [0, 0.05) is 24.3 Å². The van der Waals surface area contributed by atoms with Crippen molar-refractivity contribution in [3.8, 4) is 11.1 Å². The van der Waals surface area contributed by atoms with E-state index in [1.54, 1.807) is 12.4 Å². The van der Waals surface area contributed by atoms with Crippen LogP contribution in [0.4, 0.5) is 5.69 Å². The van der Waals surface area contributed by atoms with Crippen molar-refractivity contribution in [1.29, 1.82) is 0 Å². The van der Waals surface area contributed by atoms with E-state index < -0.39 is 5.91 Å². The summed E-state index contributed by atoms with van der Waals surface area (Å²) in [5, 5.41) is 6.98. The normalized spacial score (nSPS) is 10.8. The number of aryl methyl sites for hydroxylation is 1. The van der Waals surface area contributed by atoms with E-state index >= 15 is 0 Å². The van der Waals surface area contributed by atoms with Gasteiger partial charge in [0.2, 0.25) is 0 Å². The van der Waals surface area contributed by atoms with Crippen molar-refractivity contribution in [3.63, 3.8) is 0 Å². The number of hydrogen-bond acceptors (Lipinski definition) is 5. The molecular weight excluding hydrogens is 356 g/mol. The molecule has 8 heteroatoms. The monoisotopic (exact) mass is 372 g/mol. The fourth-order valence-corrected chi connectivity index (χ4v) is 2.90. The number of pyridine rings is 1. The molecule has 28 heavy (non-hydrogen) atoms. The zero-order chi connectivity index (χ0) is 19.7. The standard InChI is InChI=1S/C20H16N6O2/c1-12-2-3-14(13-4-7-22-8-5-13)10-16(12)25-20(28)17-6-9-23-19-15(18(21)27)11-24-26(17)19/h2-11H,1H3,(H2,21,27)(H,25,28). The van der Waals surface area contributed by atoms with E-state index in [-0.39, 0.29) is 22.8 Å². The van der Waals surface area contributed by atoms with E-state index in [2.05, 4.69) is 20.4 Å². The molecule has 4 aromatic rings. The molecule has 0 fully saturated rings. The van der Waals surface area contributed by atoms with Crippen LogP contribution in [0.5, 0.6) is 0 Å². The van der Waals surface area contributed by atoms with Crippen molar-refractivity contribution in [2.45, 2.75) is 6.92 Å². The summed E-state index contributed by atoms with van der Waals surface area (Å²) in [5.41, 5.74) is 9.50. The number of amides is 2. The van der Waals surface area contributed by atoms with Crippen LogP contribution < -0.4 is 11.1 Å². The van der Waals surface area contributed by atoms with Crippen LogP contribution in [-0.4, -0.2) is 31.4 Å². The van der Waals surface area contributed by atoms with E-state index in [9.17, 15) is 9.59 Å². The van der Waals surface area contributed by atoms with Crippen LogP contribution in [0.1, 0.15) is 26.4 Å². The summed E-state index contributed by atoms with van der Waals surface area (Å²) >= 11 is 0. The van der Waals surface area contributed by atoms with Gasteiger partial charge in [0.15, 0.2) is 5.65 Å². The van der Waals surface area contributed by atoms with Gasteiger partial charge in [-0.25, -0.2) is 9.50 Å². The number of nitrogens with two attached hydrogens (primary N) is 1. The minimum atomic E-state index is -0.652. The number of benzene rings is 1. The van der Waals surface area contributed by atoms with Crippen LogP contribution in [0, 0.1) is 6.92 Å². The van der Waals surface area contributed by atoms with Gasteiger partial charge in [-0.3, -0.25) is 14.6 Å². The van der Waals surface area contributed by atoms with Gasteiger partial charge in [-0.2, -0.15) is 5.10 Å². The van der Waals surface area contributed by atoms with E-state index in [1.165, 1.54) is 23.0 Å². The highest BCUT2D eigenvalue weighted by Gasteiger charge is 2.17. The highest BCUT2D eigenvalue weighted by molar-refractivity contribution is 6.05. The van der Waals surface area contributed by atoms with Crippen LogP contribution in [0.25, 0.3) is 16.8 Å². The van der Waals surface area contributed by atoms with Gasteiger partial charge in [-0.15, -0.1) is 0 Å². The summed E-state index contributed by atoms with van der Waals surface area (Å²) in [7, 11) is 0. The molecule has 3 aromatic heterocycles. The molecule has 0 aliphatic heterocycles. The van der Waals surface area contributed by atoms with E-state index in [0.717, 1.165) is 16.7 Å². The average Bonchev–Trinajstić information content (AvgIpc) is 3.14. The van der Waals surface area contributed by atoms with Crippen LogP contribution in [0.3, 0.4) is 0 Å². The van der Waals surface area contributed by atoms with Gasteiger partial charge in [0.25, 0.3) is 11.8 Å². The summed E-state index contributed by atoms with van der Waals surface area (Å²) in [4.78, 5) is 32.5. The van der Waals surface area contributed by atoms with Gasteiger partial charge in [-0.1, -0.05) is 12.1 Å². The van der Waals surface area contributed by atoms with Gasteiger partial charge in [0.05, 0.1) is 6.20 Å². The number of aromatic nitrogens is 4. The number of carbonyl (C=O) groups excluding carboxylic acids is 2. The lowest BCUT2D eigenvalue weighted by molar-refractivity contribution is 0.0996. The third-order valence-electron chi connectivity index (χ3n) is 4.40. The number of rotatable bonds is 4. The van der Waals surface area contributed by atoms with Crippen molar-refractivity contribution in [3.05, 3.63) is 78.0 Å². The van der Waals surface area contributed by atoms with Crippen molar-refractivity contribution >= 4 is 23.1 Å². The Kier molecular flexibility index (Phi) is 4.29. The van der Waals surface area contributed by atoms with Crippen LogP contribution in [0.15, 0.2) is 61.2 Å². The molecule has 0 saturated heterocycles. The molecule has 0 bridgehead atoms. The number of nitrogens with one attached hydrogen (secondary N) is 1. The van der Waals surface area contributed by atoms with Crippen molar-refractivity contribution < 1.29 is 9.59 Å². The van der Waals surface area contributed by atoms with E-state index in [0.29, 0.717) is 5.69 Å². The fourth-order valence-electron chi connectivity index (χ4n) is 2.90. The highest BCUT2D eigenvalue weighted by atomic mass is 16.2. The molecule has 0 spiro atoms. The summed E-state index contributed by atoms with van der Waals surface area (Å²) in [5.74, 6) is -1.03. The molecule has 3 N–H and O–H groups in total. The first-order valence-corrected chi connectivity index (χ1v) is 8.49. The van der Waals surface area contributed by atoms with Crippen LogP contribution >= 0.6 is 0 Å². The molecule has 138 valence electrons. The lowest BCUT2D eigenvalue weighted by Crippen LogP contribution is -2.18. The zero-order valence-electron chi connectivity index (χ0n) is 15.0. The predicted octanol–water partition coefficient (Wildman–Crippen LogP) is 2.45. The highest BCUT2D eigenvalue weighted by Crippen LogP contribution is 2.25. The Labute approximate surface area is 160 Å². The molecule has 1 aromatic carbocycles. The zero-order valence-corrected chi connectivity index (χ0v) is 15.0. The number of fused-ring (bicyclic) bond motifs is 1. The number of nitrogens with zero attached hydrogens (tertiary/aromatic N) is 4. The minimum Gasteiger partial charge on any atom is -0.365 e. The second kappa shape index (κ2) is 6.92. The Balaban J connectivity index is 1.70. The lowest BCUT2D eigenvalue weighted by atomic mass is 10.0. The second-order valence-corrected chi connectivity index (χ2v) is 6.21. The first kappa shape index (κ1) is 17.3. The van der Waals surface area contributed by atoms with Gasteiger partial charge in [0.1, 0.15) is 11.3 Å². The van der Waals surface area contributed by atoms with Gasteiger partial charge in [-0.05, 0) is 47.9 Å². The molecule has 0 atom stereocenters. The van der Waals surface area contributed by atoms with Gasteiger partial charge < -0.3 is 11.1 Å². The summed E-state index contributed by atoms with van der Waals surface area (Å²) < 4.78 is 1.30. The Morgan fingerprint density at radius 1 is 1.04 bits per heavy atom. The third-order valence-corrected chi connectivity index (χ3v) is 4.40. The first-order chi connectivity index (χ1) is 13.5. The Morgan fingerprint density at radius 2 is 1.82 bits per heavy atom. The molecular formula is C20H16N6O2. The van der Waals surface area contributed by atoms with Crippen LogP contribution in [0.2, 0.25) is 0 Å². The number of carbonyl (C=O) groups is 2. The SMILES string of the molecule is Cc1ccc(-c2ccncc2)cc1NC(=O)c1ccnc2c(C(N)=O)cnn12. The smallest absolute Gasteiger partial charge is 0.274 e. The Morgan fingerprint density at radius 3 is 2.57 bits per heavy atom. The molecule has 0 aliphatic rings. The fraction of sp³-hybridized carbons (Fsp3) is 0.0500. The molecule has 8 nitrogen and oxygen atoms in total. The maximum absolute atomic E-state index is 12.9. The quantitative estimate of drug-likeness (QED) is 0.571. The Hall–Kier alpha value is -4.07. The first-order valence-electron chi connectivity index (χ1n) is 8.49. The lowest BCUT2D eigenvalue weighted by Gasteiger charge is -2.11. The van der Waals surface area contributed by atoms with Crippen LogP contribution in [-0.2, 0) is 0 Å². The van der Waals surface area contributed by atoms with Crippen molar-refractivity contribution in [1.82, 2.24) is 19.6 Å². The molecule has 0 saturated carbocycles. The molecule has 2 amide bonds. The number of hydrogen-bond donors (Lipinski definition) is 2. The molecule has 0 radical (unpaired) electrons. The van der Waals surface area contributed by atoms with E-state index in [4.69, 9.17) is 5.73 Å². The van der Waals surface area contributed by atoms with E-state index in [1.807, 2.05) is 37.3 Å². The molecule has 0 unspecified atom stereocenters. The Bertz CT molecular complexity index is 1200. The summed E-state index contributed by atoms with van der Waals surface area (Å²) in [6.45, 7) is 1.91. The van der Waals surface area contributed by atoms with Crippen molar-refractivity contribution in [2.24, 2.45) is 5.73 Å². The maximum atomic E-state index is 12.9. The van der Waals surface area contributed by atoms with Gasteiger partial charge >= 0.3 is 0 Å². The second-order valence-electron chi connectivity index (χ2n) is 6.21. The summed E-state index contributed by atoms with van der Waals surface area (Å²) in [6.07, 6.45) is 6.18. The predicted molar refractivity (Wildman–Crippen MR) is 104 cm³/mol. The number of anilines is 1. The number of primary amides is 1. The molecule has 0 aliphatic carbocycles. The molecule has 4 rings (SSSR count). The topological polar surface area (TPSA) is 115 Å². The summed E-state index contributed by atoms with van der Waals surface area (Å²) in [6, 6.07) is 11.2. The molecule has 3 heterocycles. The largest absolute Gasteiger partial charge is 0.365 e. The maximum Gasteiger partial charge on any atom is 0.274 e. The van der Waals surface area contributed by atoms with Crippen molar-refractivity contribution in [2.75, 3.05) is 5.32 Å². The third kappa shape index (κ3) is 3.07. The average molecular weight is 372 g/mol.